The van der Waals surface area contributed by atoms with Crippen molar-refractivity contribution < 1.29 is 14.3 Å². The molecule has 0 amide bonds. The molecule has 23 heavy (non-hydrogen) atoms. The minimum atomic E-state index is -0.311. The van der Waals surface area contributed by atoms with Gasteiger partial charge in [0.25, 0.3) is 0 Å². The lowest BCUT2D eigenvalue weighted by molar-refractivity contribution is -0.141. The predicted octanol–water partition coefficient (Wildman–Crippen LogP) is 1.54. The minimum absolute atomic E-state index is 0.00783. The average molecular weight is 320 g/mol. The van der Waals surface area contributed by atoms with Crippen LogP contribution in [0.25, 0.3) is 0 Å². The highest BCUT2D eigenvalue weighted by molar-refractivity contribution is 5.65. The van der Waals surface area contributed by atoms with E-state index in [-0.39, 0.29) is 24.5 Å². The van der Waals surface area contributed by atoms with Gasteiger partial charge in [-0.05, 0) is 31.5 Å². The van der Waals surface area contributed by atoms with Crippen molar-refractivity contribution in [3.63, 3.8) is 0 Å². The lowest BCUT2D eigenvalue weighted by atomic mass is 10.1. The average Bonchev–Trinajstić information content (AvgIpc) is 2.48. The van der Waals surface area contributed by atoms with Gasteiger partial charge in [0.05, 0.1) is 6.61 Å². The molecule has 0 bridgehead atoms. The highest BCUT2D eigenvalue weighted by Crippen LogP contribution is 2.21. The van der Waals surface area contributed by atoms with Gasteiger partial charge in [-0.2, -0.15) is 10.2 Å². The molecule has 7 nitrogen and oxygen atoms in total. The van der Waals surface area contributed by atoms with E-state index in [2.05, 4.69) is 23.3 Å². The van der Waals surface area contributed by atoms with Crippen LogP contribution in [0, 0.1) is 18.3 Å². The molecule has 0 saturated heterocycles. The fourth-order valence-corrected chi connectivity index (χ4v) is 2.02. The first-order chi connectivity index (χ1) is 11.0. The topological polar surface area (TPSA) is 110 Å². The molecule has 0 aliphatic carbocycles. The second-order valence-electron chi connectivity index (χ2n) is 5.25. The molecule has 3 N–H and O–H groups in total. The Labute approximate surface area is 136 Å². The van der Waals surface area contributed by atoms with Gasteiger partial charge in [0.2, 0.25) is 5.88 Å². The summed E-state index contributed by atoms with van der Waals surface area (Å²) in [6.07, 6.45) is 1.60. The third-order valence-corrected chi connectivity index (χ3v) is 3.19. The number of aromatic nitrogens is 1. The van der Waals surface area contributed by atoms with Gasteiger partial charge >= 0.3 is 5.97 Å². The molecule has 0 saturated carbocycles. The number of carbonyl (C=O) groups excluding carboxylic acids is 1. The smallest absolute Gasteiger partial charge is 0.302 e. The van der Waals surface area contributed by atoms with Crippen molar-refractivity contribution >= 4 is 11.8 Å². The van der Waals surface area contributed by atoms with Gasteiger partial charge in [-0.25, -0.2) is 0 Å². The number of nitrogen functional groups attached to an aromatic ring is 1. The van der Waals surface area contributed by atoms with Gasteiger partial charge in [-0.3, -0.25) is 4.79 Å². The van der Waals surface area contributed by atoms with Crippen LogP contribution in [-0.4, -0.2) is 36.8 Å². The third kappa shape index (κ3) is 6.53. The largest absolute Gasteiger partial charge is 0.477 e. The van der Waals surface area contributed by atoms with E-state index in [1.165, 1.54) is 6.92 Å². The number of nitriles is 1. The zero-order chi connectivity index (χ0) is 17.2. The Kier molecular flexibility index (Phi) is 7.84. The molecule has 0 aliphatic rings. The number of hydrogen-bond donors (Lipinski definition) is 2. The summed E-state index contributed by atoms with van der Waals surface area (Å²) in [5, 5.41) is 12.5. The number of hydrogen-bond acceptors (Lipinski definition) is 7. The number of pyridine rings is 1. The van der Waals surface area contributed by atoms with Crippen molar-refractivity contribution in [2.75, 3.05) is 25.5 Å². The number of nitrogens with zero attached hydrogens (tertiary/aromatic N) is 2. The number of anilines is 1. The standard InChI is InChI=1S/C16H24N4O3/c1-4-6-19-13(10-23-12(3)21)5-7-22-16-14(9-17)11(2)8-15(18)20-16/h8,13,19H,4-7,10H2,1-3H3,(H2,18,20). The Hall–Kier alpha value is -2.33. The molecule has 0 radical (unpaired) electrons. The molecular weight excluding hydrogens is 296 g/mol. The first-order valence-corrected chi connectivity index (χ1v) is 7.64. The first-order valence-electron chi connectivity index (χ1n) is 7.64. The highest BCUT2D eigenvalue weighted by atomic mass is 16.5. The van der Waals surface area contributed by atoms with E-state index in [4.69, 9.17) is 15.2 Å². The summed E-state index contributed by atoms with van der Waals surface area (Å²) in [6, 6.07) is 3.70. The van der Waals surface area contributed by atoms with E-state index in [1.807, 2.05) is 0 Å². The number of nitrogens with one attached hydrogen (secondary N) is 1. The van der Waals surface area contributed by atoms with Crippen LogP contribution in [0.4, 0.5) is 5.82 Å². The normalized spacial score (nSPS) is 11.6. The van der Waals surface area contributed by atoms with Crippen LogP contribution in [0.15, 0.2) is 6.07 Å². The predicted molar refractivity (Wildman–Crippen MR) is 86.9 cm³/mol. The molecule has 0 fully saturated rings. The van der Waals surface area contributed by atoms with Crippen LogP contribution in [0.5, 0.6) is 5.88 Å². The minimum Gasteiger partial charge on any atom is -0.477 e. The summed E-state index contributed by atoms with van der Waals surface area (Å²) in [7, 11) is 0. The van der Waals surface area contributed by atoms with E-state index in [0.29, 0.717) is 24.4 Å². The van der Waals surface area contributed by atoms with Gasteiger partial charge in [-0.15, -0.1) is 0 Å². The molecule has 1 aromatic rings. The molecule has 0 aromatic carbocycles. The quantitative estimate of drug-likeness (QED) is 0.664. The van der Waals surface area contributed by atoms with Crippen molar-refractivity contribution in [2.24, 2.45) is 0 Å². The summed E-state index contributed by atoms with van der Waals surface area (Å²) in [5.74, 6) is 0.248. The molecule has 1 heterocycles. The fourth-order valence-electron chi connectivity index (χ4n) is 2.02. The molecule has 1 aromatic heterocycles. The summed E-state index contributed by atoms with van der Waals surface area (Å²) < 4.78 is 10.7. The van der Waals surface area contributed by atoms with Gasteiger partial charge in [-0.1, -0.05) is 6.92 Å². The lowest BCUT2D eigenvalue weighted by Gasteiger charge is -2.18. The Bertz CT molecular complexity index is 569. The van der Waals surface area contributed by atoms with E-state index in [9.17, 15) is 10.1 Å². The van der Waals surface area contributed by atoms with E-state index in [1.54, 1.807) is 13.0 Å². The molecular formula is C16H24N4O3. The second-order valence-corrected chi connectivity index (χ2v) is 5.25. The Balaban J connectivity index is 2.61. The molecule has 7 heteroatoms. The van der Waals surface area contributed by atoms with Gasteiger partial charge in [0.15, 0.2) is 0 Å². The van der Waals surface area contributed by atoms with E-state index in [0.717, 1.165) is 18.5 Å². The molecule has 126 valence electrons. The number of aryl methyl sites for hydroxylation is 1. The summed E-state index contributed by atoms with van der Waals surface area (Å²) in [6.45, 7) is 6.68. The fraction of sp³-hybridized carbons (Fsp3) is 0.562. The second kappa shape index (κ2) is 9.64. The number of ether oxygens (including phenoxy) is 2. The third-order valence-electron chi connectivity index (χ3n) is 3.19. The lowest BCUT2D eigenvalue weighted by Crippen LogP contribution is -2.36. The molecule has 0 spiro atoms. The molecule has 1 atom stereocenters. The van der Waals surface area contributed by atoms with Crippen LogP contribution >= 0.6 is 0 Å². The van der Waals surface area contributed by atoms with E-state index < -0.39 is 0 Å². The first kappa shape index (κ1) is 18.7. The maximum absolute atomic E-state index is 10.9. The molecule has 1 rings (SSSR count). The van der Waals surface area contributed by atoms with Crippen LogP contribution in [0.2, 0.25) is 0 Å². The summed E-state index contributed by atoms with van der Waals surface area (Å²) >= 11 is 0. The monoisotopic (exact) mass is 320 g/mol. The number of rotatable bonds is 9. The van der Waals surface area contributed by atoms with Crippen molar-refractivity contribution in [3.8, 4) is 11.9 Å². The van der Waals surface area contributed by atoms with Crippen molar-refractivity contribution in [1.82, 2.24) is 10.3 Å². The SMILES string of the molecule is CCCNC(CCOc1nc(N)cc(C)c1C#N)COC(C)=O. The van der Waals surface area contributed by atoms with Crippen LogP contribution in [0.1, 0.15) is 37.8 Å². The molecule has 1 unspecified atom stereocenters. The summed E-state index contributed by atoms with van der Waals surface area (Å²) in [5.41, 5.74) is 6.81. The highest BCUT2D eigenvalue weighted by Gasteiger charge is 2.13. The van der Waals surface area contributed by atoms with Crippen LogP contribution < -0.4 is 15.8 Å². The summed E-state index contributed by atoms with van der Waals surface area (Å²) in [4.78, 5) is 15.0. The van der Waals surface area contributed by atoms with Crippen molar-refractivity contribution in [1.29, 1.82) is 5.26 Å². The molecule has 0 aliphatic heterocycles. The van der Waals surface area contributed by atoms with Crippen LogP contribution in [0.3, 0.4) is 0 Å². The van der Waals surface area contributed by atoms with E-state index >= 15 is 0 Å². The van der Waals surface area contributed by atoms with Gasteiger partial charge < -0.3 is 20.5 Å². The number of esters is 1. The van der Waals surface area contributed by atoms with Gasteiger partial charge in [0.1, 0.15) is 24.1 Å². The van der Waals surface area contributed by atoms with Crippen molar-refractivity contribution in [3.05, 3.63) is 17.2 Å². The Morgan fingerprint density at radius 1 is 1.57 bits per heavy atom. The number of nitrogens with two attached hydrogens (primary N) is 1. The Morgan fingerprint density at radius 3 is 2.91 bits per heavy atom. The van der Waals surface area contributed by atoms with Crippen LogP contribution in [-0.2, 0) is 9.53 Å². The Morgan fingerprint density at radius 2 is 2.30 bits per heavy atom. The maximum Gasteiger partial charge on any atom is 0.302 e. The van der Waals surface area contributed by atoms with Gasteiger partial charge in [0, 0.05) is 19.4 Å². The zero-order valence-corrected chi connectivity index (χ0v) is 13.9. The number of carbonyl (C=O) groups is 1. The maximum atomic E-state index is 10.9. The van der Waals surface area contributed by atoms with Crippen molar-refractivity contribution in [2.45, 2.75) is 39.7 Å². The zero-order valence-electron chi connectivity index (χ0n) is 13.9.